The van der Waals surface area contributed by atoms with Gasteiger partial charge in [-0.25, -0.2) is 4.79 Å². The molecular formula is C23H36O6Si. The van der Waals surface area contributed by atoms with Gasteiger partial charge in [0.05, 0.1) is 26.9 Å². The third-order valence-corrected chi connectivity index (χ3v) is 11.0. The second-order valence-electron chi connectivity index (χ2n) is 8.89. The number of aliphatic hydroxyl groups is 1. The summed E-state index contributed by atoms with van der Waals surface area (Å²) in [6.07, 6.45) is 2.58. The van der Waals surface area contributed by atoms with E-state index in [2.05, 4.69) is 0 Å². The van der Waals surface area contributed by atoms with Gasteiger partial charge in [-0.1, -0.05) is 52.1 Å². The molecule has 0 unspecified atom stereocenters. The van der Waals surface area contributed by atoms with Crippen molar-refractivity contribution in [3.05, 3.63) is 42.0 Å². The van der Waals surface area contributed by atoms with E-state index in [0.717, 1.165) is 11.3 Å². The van der Waals surface area contributed by atoms with Crippen LogP contribution in [0.4, 0.5) is 0 Å². The van der Waals surface area contributed by atoms with Gasteiger partial charge in [0, 0.05) is 6.42 Å². The summed E-state index contributed by atoms with van der Waals surface area (Å²) in [4.78, 5) is 25.4. The second kappa shape index (κ2) is 10.9. The standard InChI is InChI=1S/C23H36O6Si/c1-8-29-21(25)23(26,16-20(24)30(6,7)22(2,3)4)14-9-15-28-17-18-10-12-19(27-5)13-11-18/h9-14,26H,8,15-17H2,1-7H3/b14-9+/t23-/m0/s1. The number of benzene rings is 1. The molecule has 1 atom stereocenters. The summed E-state index contributed by atoms with van der Waals surface area (Å²) in [5.41, 5.74) is -1.02. The van der Waals surface area contributed by atoms with Gasteiger partial charge in [-0.2, -0.15) is 0 Å². The number of ether oxygens (including phenoxy) is 3. The molecule has 1 aromatic carbocycles. The van der Waals surface area contributed by atoms with Gasteiger partial charge in [0.2, 0.25) is 0 Å². The lowest BCUT2D eigenvalue weighted by atomic mass is 10.00. The molecule has 0 aliphatic heterocycles. The van der Waals surface area contributed by atoms with Crippen molar-refractivity contribution >= 4 is 19.4 Å². The van der Waals surface area contributed by atoms with Crippen LogP contribution in [-0.4, -0.2) is 50.5 Å². The summed E-state index contributed by atoms with van der Waals surface area (Å²) < 4.78 is 15.7. The molecule has 0 spiro atoms. The molecule has 0 bridgehead atoms. The van der Waals surface area contributed by atoms with E-state index in [-0.39, 0.29) is 30.1 Å². The summed E-state index contributed by atoms with van der Waals surface area (Å²) in [5.74, 6) is -0.0481. The minimum atomic E-state index is -2.38. The van der Waals surface area contributed by atoms with Crippen LogP contribution in [0.5, 0.6) is 5.75 Å². The van der Waals surface area contributed by atoms with Gasteiger partial charge in [-0.15, -0.1) is 0 Å². The number of carbonyl (C=O) groups is 2. The van der Waals surface area contributed by atoms with E-state index >= 15 is 0 Å². The highest BCUT2D eigenvalue weighted by Gasteiger charge is 2.47. The minimum absolute atomic E-state index is 0.0747. The van der Waals surface area contributed by atoms with Crippen LogP contribution in [0.3, 0.4) is 0 Å². The molecule has 30 heavy (non-hydrogen) atoms. The fourth-order valence-corrected chi connectivity index (χ4v) is 4.10. The number of esters is 1. The molecule has 0 aliphatic carbocycles. The molecule has 0 heterocycles. The molecule has 0 amide bonds. The van der Waals surface area contributed by atoms with E-state index < -0.39 is 19.6 Å². The molecule has 6 nitrogen and oxygen atoms in total. The topological polar surface area (TPSA) is 82.1 Å². The Morgan fingerprint density at radius 1 is 1.13 bits per heavy atom. The Morgan fingerprint density at radius 3 is 2.23 bits per heavy atom. The van der Waals surface area contributed by atoms with Gasteiger partial charge in [0.1, 0.15) is 19.2 Å². The first-order chi connectivity index (χ1) is 13.9. The first-order valence-corrected chi connectivity index (χ1v) is 13.2. The van der Waals surface area contributed by atoms with E-state index in [1.165, 1.54) is 6.08 Å². The maximum absolute atomic E-state index is 13.0. The van der Waals surface area contributed by atoms with E-state index in [1.54, 1.807) is 20.1 Å². The number of carbonyl (C=O) groups excluding carboxylic acids is 2. The quantitative estimate of drug-likeness (QED) is 0.244. The number of rotatable bonds is 11. The predicted molar refractivity (Wildman–Crippen MR) is 120 cm³/mol. The molecule has 0 fully saturated rings. The van der Waals surface area contributed by atoms with Crippen molar-refractivity contribution in [2.75, 3.05) is 20.3 Å². The van der Waals surface area contributed by atoms with Crippen molar-refractivity contribution in [2.45, 2.75) is 64.5 Å². The van der Waals surface area contributed by atoms with E-state index in [0.29, 0.717) is 6.61 Å². The van der Waals surface area contributed by atoms with Crippen LogP contribution >= 0.6 is 0 Å². The third kappa shape index (κ3) is 7.07. The monoisotopic (exact) mass is 436 g/mol. The predicted octanol–water partition coefficient (Wildman–Crippen LogP) is 4.07. The average molecular weight is 437 g/mol. The number of methoxy groups -OCH3 is 1. The van der Waals surface area contributed by atoms with Crippen molar-refractivity contribution < 1.29 is 28.9 Å². The Bertz CT molecular complexity index is 733. The Labute approximate surface area is 181 Å². The van der Waals surface area contributed by atoms with Crippen LogP contribution in [0, 0.1) is 0 Å². The Balaban J connectivity index is 2.81. The van der Waals surface area contributed by atoms with Gasteiger partial charge in [-0.05, 0) is 35.7 Å². The summed E-state index contributed by atoms with van der Waals surface area (Å²) >= 11 is 0. The van der Waals surface area contributed by atoms with E-state index in [1.807, 2.05) is 58.1 Å². The summed E-state index contributed by atoms with van der Waals surface area (Å²) in [6, 6.07) is 7.49. The zero-order chi connectivity index (χ0) is 23.0. The molecule has 0 saturated heterocycles. The molecule has 1 rings (SSSR count). The van der Waals surface area contributed by atoms with Crippen molar-refractivity contribution in [1.29, 1.82) is 0 Å². The smallest absolute Gasteiger partial charge is 0.342 e. The van der Waals surface area contributed by atoms with Crippen molar-refractivity contribution in [2.24, 2.45) is 0 Å². The first kappa shape index (κ1) is 26.1. The minimum Gasteiger partial charge on any atom is -0.497 e. The Morgan fingerprint density at radius 2 is 1.73 bits per heavy atom. The number of hydrogen-bond acceptors (Lipinski definition) is 6. The zero-order valence-corrected chi connectivity index (χ0v) is 20.3. The van der Waals surface area contributed by atoms with Gasteiger partial charge in [0.25, 0.3) is 0 Å². The van der Waals surface area contributed by atoms with Crippen LogP contribution < -0.4 is 4.74 Å². The van der Waals surface area contributed by atoms with Gasteiger partial charge < -0.3 is 24.1 Å². The van der Waals surface area contributed by atoms with E-state index in [4.69, 9.17) is 14.2 Å². The molecule has 168 valence electrons. The number of hydrogen-bond donors (Lipinski definition) is 1. The highest BCUT2D eigenvalue weighted by Crippen LogP contribution is 2.38. The lowest BCUT2D eigenvalue weighted by Crippen LogP contribution is -2.51. The molecule has 0 aromatic heterocycles. The van der Waals surface area contributed by atoms with Gasteiger partial charge in [0.15, 0.2) is 5.60 Å². The third-order valence-electron chi connectivity index (χ3n) is 5.67. The Hall–Kier alpha value is -1.96. The molecule has 0 saturated carbocycles. The van der Waals surface area contributed by atoms with Crippen LogP contribution in [0.1, 0.15) is 39.7 Å². The molecular weight excluding hydrogens is 400 g/mol. The van der Waals surface area contributed by atoms with Crippen molar-refractivity contribution in [3.63, 3.8) is 0 Å². The highest BCUT2D eigenvalue weighted by molar-refractivity contribution is 7.06. The lowest BCUT2D eigenvalue weighted by molar-refractivity contribution is -0.161. The van der Waals surface area contributed by atoms with Crippen LogP contribution in [0.2, 0.25) is 18.1 Å². The fraction of sp³-hybridized carbons (Fsp3) is 0.565. The second-order valence-corrected chi connectivity index (χ2v) is 14.2. The molecule has 0 radical (unpaired) electrons. The largest absolute Gasteiger partial charge is 0.497 e. The summed E-state index contributed by atoms with van der Waals surface area (Å²) in [6.45, 7) is 12.3. The normalized spacial score (nSPS) is 14.4. The van der Waals surface area contributed by atoms with Crippen LogP contribution in [0.15, 0.2) is 36.4 Å². The maximum Gasteiger partial charge on any atom is 0.342 e. The lowest BCUT2D eigenvalue weighted by Gasteiger charge is -2.36. The Kier molecular flexibility index (Phi) is 9.46. The summed E-state index contributed by atoms with van der Waals surface area (Å²) in [7, 11) is -0.767. The van der Waals surface area contributed by atoms with Crippen molar-refractivity contribution in [3.8, 4) is 5.75 Å². The molecule has 0 aliphatic rings. The maximum atomic E-state index is 13.0. The average Bonchev–Trinajstić information content (AvgIpc) is 2.67. The molecule has 1 N–H and O–H groups in total. The molecule has 7 heteroatoms. The van der Waals surface area contributed by atoms with E-state index in [9.17, 15) is 14.7 Å². The summed E-state index contributed by atoms with van der Waals surface area (Å²) in [5, 5.41) is 10.7. The first-order valence-electron chi connectivity index (χ1n) is 10.2. The molecule has 1 aromatic rings. The van der Waals surface area contributed by atoms with Crippen LogP contribution in [0.25, 0.3) is 0 Å². The van der Waals surface area contributed by atoms with Gasteiger partial charge in [-0.3, -0.25) is 0 Å². The highest BCUT2D eigenvalue weighted by atomic mass is 28.3. The van der Waals surface area contributed by atoms with Crippen LogP contribution in [-0.2, 0) is 25.7 Å². The van der Waals surface area contributed by atoms with Crippen molar-refractivity contribution in [1.82, 2.24) is 0 Å². The zero-order valence-electron chi connectivity index (χ0n) is 19.3. The SMILES string of the molecule is CCOC(=O)[C@](O)(/C=C/COCc1ccc(OC)cc1)CC(=O)[Si](C)(C)C(C)(C)C. The fourth-order valence-electron chi connectivity index (χ4n) is 2.55. The van der Waals surface area contributed by atoms with Gasteiger partial charge >= 0.3 is 5.97 Å².